The van der Waals surface area contributed by atoms with Crippen molar-refractivity contribution in [3.63, 3.8) is 0 Å². The molecular formula is C23H26BrNO4. The summed E-state index contributed by atoms with van der Waals surface area (Å²) in [6.45, 7) is 7.88. The molecule has 2 rings (SSSR count). The van der Waals surface area contributed by atoms with Crippen molar-refractivity contribution in [1.29, 1.82) is 0 Å². The molecule has 5 nitrogen and oxygen atoms in total. The molecule has 0 saturated carbocycles. The van der Waals surface area contributed by atoms with Gasteiger partial charge in [0.2, 0.25) is 0 Å². The third-order valence-electron chi connectivity index (χ3n) is 3.80. The second-order valence-corrected chi connectivity index (χ2v) is 8.29. The first-order valence-corrected chi connectivity index (χ1v) is 10.2. The van der Waals surface area contributed by atoms with Crippen LogP contribution in [-0.4, -0.2) is 30.8 Å². The molecule has 0 atom stereocenters. The first-order chi connectivity index (χ1) is 13.7. The number of carbonyl (C=O) groups excluding carboxylic acids is 2. The number of ether oxygens (including phenoxy) is 2. The summed E-state index contributed by atoms with van der Waals surface area (Å²) in [7, 11) is 0. The summed E-state index contributed by atoms with van der Waals surface area (Å²) in [6.07, 6.45) is 1.49. The molecule has 2 aromatic carbocycles. The standard InChI is InChI=1S/C23H26BrNO4/c1-5-28-21(26)18-8-6-16(7-9-18)14-19(17-10-12-20(24)13-11-17)15-25-22(27)29-23(2,3)4/h6-14H,5,15H2,1-4H3,(H,25,27)/b19-14-. The monoisotopic (exact) mass is 459 g/mol. The van der Waals surface area contributed by atoms with Crippen LogP contribution in [0.2, 0.25) is 0 Å². The van der Waals surface area contributed by atoms with Crippen LogP contribution in [0.4, 0.5) is 4.79 Å². The fourth-order valence-corrected chi connectivity index (χ4v) is 2.78. The van der Waals surface area contributed by atoms with E-state index < -0.39 is 11.7 Å². The molecule has 6 heteroatoms. The van der Waals surface area contributed by atoms with E-state index in [1.807, 2.05) is 63.2 Å². The number of carbonyl (C=O) groups is 2. The van der Waals surface area contributed by atoms with Gasteiger partial charge in [0.15, 0.2) is 0 Å². The predicted octanol–water partition coefficient (Wildman–Crippen LogP) is 5.69. The zero-order chi connectivity index (χ0) is 21.4. The number of benzene rings is 2. The van der Waals surface area contributed by atoms with Crippen LogP contribution in [0.15, 0.2) is 53.0 Å². The normalized spacial score (nSPS) is 11.7. The van der Waals surface area contributed by atoms with E-state index in [1.165, 1.54) is 0 Å². The van der Waals surface area contributed by atoms with Gasteiger partial charge in [-0.25, -0.2) is 9.59 Å². The fourth-order valence-electron chi connectivity index (χ4n) is 2.51. The van der Waals surface area contributed by atoms with Crippen LogP contribution in [0, 0.1) is 0 Å². The summed E-state index contributed by atoms with van der Waals surface area (Å²) >= 11 is 3.44. The average Bonchev–Trinajstić information content (AvgIpc) is 2.65. The van der Waals surface area contributed by atoms with E-state index in [9.17, 15) is 9.59 Å². The maximum absolute atomic E-state index is 12.1. The van der Waals surface area contributed by atoms with E-state index in [-0.39, 0.29) is 5.97 Å². The topological polar surface area (TPSA) is 64.6 Å². The molecule has 0 heterocycles. The second kappa shape index (κ2) is 10.3. The maximum Gasteiger partial charge on any atom is 0.407 e. The lowest BCUT2D eigenvalue weighted by Crippen LogP contribution is -2.33. The number of rotatable bonds is 6. The minimum Gasteiger partial charge on any atom is -0.462 e. The minimum absolute atomic E-state index is 0.302. The number of hydrogen-bond acceptors (Lipinski definition) is 4. The largest absolute Gasteiger partial charge is 0.462 e. The Morgan fingerprint density at radius 1 is 1.00 bits per heavy atom. The molecular weight excluding hydrogens is 434 g/mol. The molecule has 0 aliphatic heterocycles. The Morgan fingerprint density at radius 2 is 1.59 bits per heavy atom. The summed E-state index contributed by atoms with van der Waals surface area (Å²) in [5.74, 6) is -0.345. The quantitative estimate of drug-likeness (QED) is 0.444. The Hall–Kier alpha value is -2.60. The Kier molecular flexibility index (Phi) is 8.02. The van der Waals surface area contributed by atoms with Gasteiger partial charge in [0, 0.05) is 11.0 Å². The smallest absolute Gasteiger partial charge is 0.407 e. The zero-order valence-electron chi connectivity index (χ0n) is 17.1. The van der Waals surface area contributed by atoms with Crippen LogP contribution in [0.1, 0.15) is 49.2 Å². The molecule has 29 heavy (non-hydrogen) atoms. The summed E-state index contributed by atoms with van der Waals surface area (Å²) in [6, 6.07) is 15.0. The van der Waals surface area contributed by atoms with Crippen LogP contribution in [0.25, 0.3) is 11.6 Å². The summed E-state index contributed by atoms with van der Waals surface area (Å²) in [4.78, 5) is 23.9. The lowest BCUT2D eigenvalue weighted by Gasteiger charge is -2.20. The molecule has 0 unspecified atom stereocenters. The summed E-state index contributed by atoms with van der Waals surface area (Å²) in [5.41, 5.74) is 2.73. The van der Waals surface area contributed by atoms with Gasteiger partial charge >= 0.3 is 12.1 Å². The molecule has 0 radical (unpaired) electrons. The van der Waals surface area contributed by atoms with Gasteiger partial charge < -0.3 is 14.8 Å². The first-order valence-electron chi connectivity index (χ1n) is 9.38. The molecule has 0 fully saturated rings. The van der Waals surface area contributed by atoms with Gasteiger partial charge in [-0.05, 0) is 74.7 Å². The Bertz CT molecular complexity index is 865. The van der Waals surface area contributed by atoms with Gasteiger partial charge in [-0.2, -0.15) is 0 Å². The van der Waals surface area contributed by atoms with Crippen LogP contribution in [-0.2, 0) is 9.47 Å². The SMILES string of the molecule is CCOC(=O)c1ccc(/C=C(/CNC(=O)OC(C)(C)C)c2ccc(Br)cc2)cc1. The van der Waals surface area contributed by atoms with Gasteiger partial charge in [-0.1, -0.05) is 40.2 Å². The third-order valence-corrected chi connectivity index (χ3v) is 4.33. The van der Waals surface area contributed by atoms with Gasteiger partial charge in [0.25, 0.3) is 0 Å². The molecule has 0 aromatic heterocycles. The van der Waals surface area contributed by atoms with E-state index in [4.69, 9.17) is 9.47 Å². The number of halogens is 1. The Morgan fingerprint density at radius 3 is 2.14 bits per heavy atom. The highest BCUT2D eigenvalue weighted by Gasteiger charge is 2.16. The maximum atomic E-state index is 12.1. The van der Waals surface area contributed by atoms with E-state index in [1.54, 1.807) is 19.1 Å². The van der Waals surface area contributed by atoms with Crippen molar-refractivity contribution in [2.75, 3.05) is 13.2 Å². The van der Waals surface area contributed by atoms with Crippen molar-refractivity contribution in [3.8, 4) is 0 Å². The van der Waals surface area contributed by atoms with Crippen molar-refractivity contribution < 1.29 is 19.1 Å². The molecule has 1 amide bonds. The van der Waals surface area contributed by atoms with Crippen molar-refractivity contribution >= 4 is 39.6 Å². The van der Waals surface area contributed by atoms with E-state index in [0.29, 0.717) is 18.7 Å². The Labute approximate surface area is 180 Å². The van der Waals surface area contributed by atoms with Crippen molar-refractivity contribution in [2.24, 2.45) is 0 Å². The number of hydrogen-bond donors (Lipinski definition) is 1. The molecule has 0 spiro atoms. The van der Waals surface area contributed by atoms with Crippen LogP contribution in [0.5, 0.6) is 0 Å². The fraction of sp³-hybridized carbons (Fsp3) is 0.304. The van der Waals surface area contributed by atoms with Gasteiger partial charge in [0.05, 0.1) is 12.2 Å². The van der Waals surface area contributed by atoms with Gasteiger partial charge in [-0.3, -0.25) is 0 Å². The Balaban J connectivity index is 2.23. The van der Waals surface area contributed by atoms with Gasteiger partial charge in [-0.15, -0.1) is 0 Å². The molecule has 0 aliphatic rings. The number of alkyl carbamates (subject to hydrolysis) is 1. The highest BCUT2D eigenvalue weighted by molar-refractivity contribution is 9.10. The van der Waals surface area contributed by atoms with Crippen molar-refractivity contribution in [1.82, 2.24) is 5.32 Å². The number of esters is 1. The highest BCUT2D eigenvalue weighted by Crippen LogP contribution is 2.21. The number of amides is 1. The van der Waals surface area contributed by atoms with Crippen molar-refractivity contribution in [2.45, 2.75) is 33.3 Å². The third kappa shape index (κ3) is 7.74. The molecule has 0 aliphatic carbocycles. The lowest BCUT2D eigenvalue weighted by molar-refractivity contribution is 0.0519. The van der Waals surface area contributed by atoms with Gasteiger partial charge in [0.1, 0.15) is 5.60 Å². The predicted molar refractivity (Wildman–Crippen MR) is 119 cm³/mol. The van der Waals surface area contributed by atoms with Crippen LogP contribution < -0.4 is 5.32 Å². The minimum atomic E-state index is -0.561. The van der Waals surface area contributed by atoms with E-state index in [2.05, 4.69) is 21.2 Å². The number of nitrogens with one attached hydrogen (secondary N) is 1. The molecule has 154 valence electrons. The van der Waals surface area contributed by atoms with Crippen LogP contribution in [0.3, 0.4) is 0 Å². The molecule has 0 bridgehead atoms. The van der Waals surface area contributed by atoms with Crippen LogP contribution >= 0.6 is 15.9 Å². The summed E-state index contributed by atoms with van der Waals surface area (Å²) in [5, 5.41) is 2.80. The summed E-state index contributed by atoms with van der Waals surface area (Å²) < 4.78 is 11.3. The highest BCUT2D eigenvalue weighted by atomic mass is 79.9. The first kappa shape index (κ1) is 22.7. The molecule has 2 aromatic rings. The van der Waals surface area contributed by atoms with E-state index in [0.717, 1.165) is 21.2 Å². The zero-order valence-corrected chi connectivity index (χ0v) is 18.7. The molecule has 0 saturated heterocycles. The average molecular weight is 460 g/mol. The van der Waals surface area contributed by atoms with E-state index >= 15 is 0 Å². The molecule has 1 N–H and O–H groups in total. The lowest BCUT2D eigenvalue weighted by atomic mass is 10.0. The van der Waals surface area contributed by atoms with Crippen molar-refractivity contribution in [3.05, 3.63) is 69.7 Å². The second-order valence-electron chi connectivity index (χ2n) is 7.37.